The van der Waals surface area contributed by atoms with Gasteiger partial charge < -0.3 is 15.0 Å². The molecule has 1 aromatic heterocycles. The van der Waals surface area contributed by atoms with Gasteiger partial charge in [-0.25, -0.2) is 9.78 Å². The average molecular weight is 271 g/mol. The number of carboxylic acids is 1. The van der Waals surface area contributed by atoms with Gasteiger partial charge in [-0.1, -0.05) is 0 Å². The van der Waals surface area contributed by atoms with Crippen LogP contribution < -0.4 is 5.32 Å². The van der Waals surface area contributed by atoms with E-state index in [-0.39, 0.29) is 5.91 Å². The van der Waals surface area contributed by atoms with Crippen LogP contribution in [0.25, 0.3) is 0 Å². The van der Waals surface area contributed by atoms with Crippen LogP contribution in [0.4, 0.5) is 0 Å². The molecule has 1 atom stereocenters. The molecule has 0 unspecified atom stereocenters. The lowest BCUT2D eigenvalue weighted by molar-refractivity contribution is -0.140. The summed E-state index contributed by atoms with van der Waals surface area (Å²) in [6.45, 7) is 2.19. The number of nitrogens with one attached hydrogen (secondary N) is 1. The molecule has 0 aromatic carbocycles. The van der Waals surface area contributed by atoms with Crippen molar-refractivity contribution in [1.82, 2.24) is 14.9 Å². The van der Waals surface area contributed by atoms with Crippen LogP contribution in [-0.4, -0.2) is 44.1 Å². The van der Waals surface area contributed by atoms with E-state index >= 15 is 0 Å². The second-order valence-corrected chi connectivity index (χ2v) is 4.97. The second-order valence-electron chi connectivity index (χ2n) is 3.82. The van der Waals surface area contributed by atoms with Gasteiger partial charge in [-0.15, -0.1) is 0 Å². The van der Waals surface area contributed by atoms with Crippen LogP contribution in [0, 0.1) is 0 Å². The van der Waals surface area contributed by atoms with E-state index in [1.54, 1.807) is 12.5 Å². The number of thioether (sulfide) groups is 1. The summed E-state index contributed by atoms with van der Waals surface area (Å²) >= 11 is 1.52. The molecular formula is C11H17N3O3S. The number of aryl methyl sites for hydroxylation is 1. The number of hydrogen-bond acceptors (Lipinski definition) is 4. The van der Waals surface area contributed by atoms with Crippen molar-refractivity contribution in [1.29, 1.82) is 0 Å². The van der Waals surface area contributed by atoms with Gasteiger partial charge in [0.15, 0.2) is 0 Å². The smallest absolute Gasteiger partial charge is 0.327 e. The maximum atomic E-state index is 10.8. The minimum absolute atomic E-state index is 0.318. The molecule has 0 aliphatic rings. The van der Waals surface area contributed by atoms with E-state index in [2.05, 4.69) is 10.3 Å². The number of aromatic nitrogens is 2. The molecule has 0 radical (unpaired) electrons. The number of rotatable bonds is 8. The summed E-state index contributed by atoms with van der Waals surface area (Å²) < 4.78 is 1.98. The van der Waals surface area contributed by atoms with E-state index in [0.717, 1.165) is 18.7 Å². The topological polar surface area (TPSA) is 84.2 Å². The molecule has 1 amide bonds. The van der Waals surface area contributed by atoms with Crippen LogP contribution in [0.1, 0.15) is 13.3 Å². The van der Waals surface area contributed by atoms with Crippen LogP contribution in [0.5, 0.6) is 0 Å². The summed E-state index contributed by atoms with van der Waals surface area (Å²) in [6.07, 6.45) is 6.31. The van der Waals surface area contributed by atoms with E-state index in [4.69, 9.17) is 5.11 Å². The lowest BCUT2D eigenvalue weighted by Crippen LogP contribution is -2.41. The summed E-state index contributed by atoms with van der Waals surface area (Å²) in [5.74, 6) is -0.0749. The Labute approximate surface area is 110 Å². The molecule has 2 N–H and O–H groups in total. The third-order valence-corrected chi connectivity index (χ3v) is 3.37. The van der Waals surface area contributed by atoms with Gasteiger partial charge in [0.1, 0.15) is 6.04 Å². The van der Waals surface area contributed by atoms with Crippen LogP contribution in [0.2, 0.25) is 0 Å². The van der Waals surface area contributed by atoms with E-state index < -0.39 is 12.0 Å². The van der Waals surface area contributed by atoms with E-state index in [1.807, 2.05) is 10.8 Å². The Kier molecular flexibility index (Phi) is 6.27. The van der Waals surface area contributed by atoms with Crippen molar-refractivity contribution < 1.29 is 14.7 Å². The number of hydrogen-bond donors (Lipinski definition) is 2. The highest BCUT2D eigenvalue weighted by molar-refractivity contribution is 7.99. The minimum atomic E-state index is -0.993. The first-order valence-corrected chi connectivity index (χ1v) is 6.78. The van der Waals surface area contributed by atoms with Gasteiger partial charge in [0, 0.05) is 31.6 Å². The monoisotopic (exact) mass is 271 g/mol. The van der Waals surface area contributed by atoms with Gasteiger partial charge in [-0.05, 0) is 12.2 Å². The van der Waals surface area contributed by atoms with Crippen molar-refractivity contribution in [3.8, 4) is 0 Å². The number of amides is 1. The average Bonchev–Trinajstić information content (AvgIpc) is 2.79. The van der Waals surface area contributed by atoms with Gasteiger partial charge in [0.25, 0.3) is 0 Å². The number of carbonyl (C=O) groups excluding carboxylic acids is 1. The van der Waals surface area contributed by atoms with Gasteiger partial charge in [-0.2, -0.15) is 11.8 Å². The molecule has 0 fully saturated rings. The second kappa shape index (κ2) is 7.75. The zero-order chi connectivity index (χ0) is 13.4. The molecule has 0 spiro atoms. The summed E-state index contributed by atoms with van der Waals surface area (Å²) in [5.41, 5.74) is 0. The van der Waals surface area contributed by atoms with E-state index in [1.165, 1.54) is 18.7 Å². The molecule has 1 aromatic rings. The van der Waals surface area contributed by atoms with Crippen molar-refractivity contribution in [2.75, 3.05) is 11.5 Å². The van der Waals surface area contributed by atoms with E-state index in [0.29, 0.717) is 5.75 Å². The normalized spacial score (nSPS) is 12.1. The van der Waals surface area contributed by atoms with Crippen LogP contribution >= 0.6 is 11.8 Å². The Morgan fingerprint density at radius 1 is 1.56 bits per heavy atom. The van der Waals surface area contributed by atoms with Crippen molar-refractivity contribution in [2.24, 2.45) is 0 Å². The van der Waals surface area contributed by atoms with Crippen molar-refractivity contribution in [2.45, 2.75) is 25.9 Å². The summed E-state index contributed by atoms with van der Waals surface area (Å²) in [6, 6.07) is -0.805. The fourth-order valence-electron chi connectivity index (χ4n) is 1.39. The van der Waals surface area contributed by atoms with Crippen molar-refractivity contribution in [3.05, 3.63) is 18.7 Å². The summed E-state index contributed by atoms with van der Waals surface area (Å²) in [5, 5.41) is 11.3. The summed E-state index contributed by atoms with van der Waals surface area (Å²) in [7, 11) is 0. The maximum absolute atomic E-state index is 10.8. The largest absolute Gasteiger partial charge is 0.480 e. The Hall–Kier alpha value is -1.50. The molecule has 0 saturated carbocycles. The van der Waals surface area contributed by atoms with Crippen molar-refractivity contribution in [3.63, 3.8) is 0 Å². The predicted octanol–water partition coefficient (Wildman–Crippen LogP) is 0.596. The number of nitrogens with zero attached hydrogens (tertiary/aromatic N) is 2. The summed E-state index contributed by atoms with van der Waals surface area (Å²) in [4.78, 5) is 25.6. The highest BCUT2D eigenvalue weighted by atomic mass is 32.2. The number of carboxylic acid groups (broad SMARTS) is 1. The lowest BCUT2D eigenvalue weighted by Gasteiger charge is -2.12. The van der Waals surface area contributed by atoms with Gasteiger partial charge in [0.2, 0.25) is 5.91 Å². The zero-order valence-corrected chi connectivity index (χ0v) is 11.0. The lowest BCUT2D eigenvalue weighted by atomic mass is 10.3. The molecular weight excluding hydrogens is 254 g/mol. The fourth-order valence-corrected chi connectivity index (χ4v) is 2.35. The Morgan fingerprint density at radius 2 is 2.33 bits per heavy atom. The molecule has 6 nitrogen and oxygen atoms in total. The number of carbonyl (C=O) groups is 2. The molecule has 18 heavy (non-hydrogen) atoms. The molecule has 1 heterocycles. The van der Waals surface area contributed by atoms with Gasteiger partial charge >= 0.3 is 5.97 Å². The third-order valence-electron chi connectivity index (χ3n) is 2.22. The number of imidazole rings is 1. The van der Waals surface area contributed by atoms with Gasteiger partial charge in [0.05, 0.1) is 6.33 Å². The molecule has 0 bridgehead atoms. The molecule has 7 heteroatoms. The standard InChI is InChI=1S/C11H17N3O3S/c1-9(15)13-10(11(16)17)7-18-6-2-4-14-5-3-12-8-14/h3,5,8,10H,2,4,6-7H2,1H3,(H,13,15)(H,16,17)/t10-/m0/s1. The van der Waals surface area contributed by atoms with E-state index in [9.17, 15) is 9.59 Å². The Bertz CT molecular complexity index is 381. The highest BCUT2D eigenvalue weighted by Gasteiger charge is 2.17. The molecule has 0 aliphatic heterocycles. The predicted molar refractivity (Wildman–Crippen MR) is 69.4 cm³/mol. The first-order chi connectivity index (χ1) is 8.59. The zero-order valence-electron chi connectivity index (χ0n) is 10.2. The van der Waals surface area contributed by atoms with Crippen molar-refractivity contribution >= 4 is 23.6 Å². The fraction of sp³-hybridized carbons (Fsp3) is 0.545. The maximum Gasteiger partial charge on any atom is 0.327 e. The first-order valence-electron chi connectivity index (χ1n) is 5.63. The molecule has 1 rings (SSSR count). The highest BCUT2D eigenvalue weighted by Crippen LogP contribution is 2.06. The molecule has 0 saturated heterocycles. The molecule has 0 aliphatic carbocycles. The van der Waals surface area contributed by atoms with Crippen LogP contribution in [0.3, 0.4) is 0 Å². The minimum Gasteiger partial charge on any atom is -0.480 e. The third kappa shape index (κ3) is 5.72. The SMILES string of the molecule is CC(=O)N[C@@H](CSCCCn1ccnc1)C(=O)O. The van der Waals surface area contributed by atoms with Crippen LogP contribution in [0.15, 0.2) is 18.7 Å². The molecule has 100 valence electrons. The van der Waals surface area contributed by atoms with Gasteiger partial charge in [-0.3, -0.25) is 4.79 Å². The Morgan fingerprint density at radius 3 is 2.89 bits per heavy atom. The number of aliphatic carboxylic acids is 1. The first kappa shape index (κ1) is 14.6. The Balaban J connectivity index is 2.14. The quantitative estimate of drug-likeness (QED) is 0.676. The van der Waals surface area contributed by atoms with Crippen LogP contribution in [-0.2, 0) is 16.1 Å².